The van der Waals surface area contributed by atoms with Crippen molar-refractivity contribution in [2.45, 2.75) is 6.42 Å². The molecule has 110 valence electrons. The number of pyridine rings is 2. The second kappa shape index (κ2) is 7.71. The van der Waals surface area contributed by atoms with Gasteiger partial charge < -0.3 is 10.4 Å². The molecule has 5 nitrogen and oxygen atoms in total. The smallest absolute Gasteiger partial charge is 0.254 e. The third-order valence-electron chi connectivity index (χ3n) is 3.04. The van der Waals surface area contributed by atoms with Gasteiger partial charge in [-0.2, -0.15) is 0 Å². The minimum Gasteiger partial charge on any atom is -0.396 e. The molecule has 2 N–H and O–H groups in total. The molecule has 1 unspecified atom stereocenters. The molecule has 0 bridgehead atoms. The van der Waals surface area contributed by atoms with Gasteiger partial charge in [-0.1, -0.05) is 17.7 Å². The van der Waals surface area contributed by atoms with Gasteiger partial charge in [0, 0.05) is 37.2 Å². The van der Waals surface area contributed by atoms with Crippen LogP contribution in [0.4, 0.5) is 0 Å². The maximum absolute atomic E-state index is 12.0. The second-order valence-corrected chi connectivity index (χ2v) is 4.98. The van der Waals surface area contributed by atoms with Crippen molar-refractivity contribution in [1.29, 1.82) is 0 Å². The maximum atomic E-state index is 12.0. The summed E-state index contributed by atoms with van der Waals surface area (Å²) in [6.07, 6.45) is 3.83. The molecule has 0 saturated carbocycles. The Balaban J connectivity index is 1.91. The predicted molar refractivity (Wildman–Crippen MR) is 80.1 cm³/mol. The van der Waals surface area contributed by atoms with Crippen LogP contribution in [0, 0.1) is 5.92 Å². The molecule has 0 aliphatic carbocycles. The van der Waals surface area contributed by atoms with Crippen LogP contribution in [0.25, 0.3) is 0 Å². The number of hydrogen-bond donors (Lipinski definition) is 2. The van der Waals surface area contributed by atoms with Gasteiger partial charge in [-0.05, 0) is 30.7 Å². The summed E-state index contributed by atoms with van der Waals surface area (Å²) in [6, 6.07) is 8.88. The van der Waals surface area contributed by atoms with Crippen molar-refractivity contribution < 1.29 is 9.90 Å². The average Bonchev–Trinajstić information content (AvgIpc) is 2.52. The third kappa shape index (κ3) is 4.51. The number of aromatic nitrogens is 2. The third-order valence-corrected chi connectivity index (χ3v) is 3.34. The van der Waals surface area contributed by atoms with Crippen LogP contribution in [0.2, 0.25) is 5.15 Å². The van der Waals surface area contributed by atoms with Gasteiger partial charge in [0.25, 0.3) is 5.91 Å². The average molecular weight is 306 g/mol. The molecule has 0 fully saturated rings. The topological polar surface area (TPSA) is 75.1 Å². The van der Waals surface area contributed by atoms with Crippen LogP contribution < -0.4 is 5.32 Å². The van der Waals surface area contributed by atoms with Crippen molar-refractivity contribution in [1.82, 2.24) is 15.3 Å². The van der Waals surface area contributed by atoms with E-state index in [4.69, 9.17) is 11.6 Å². The van der Waals surface area contributed by atoms with Gasteiger partial charge >= 0.3 is 0 Å². The summed E-state index contributed by atoms with van der Waals surface area (Å²) in [5.74, 6) is -0.396. The second-order valence-electron chi connectivity index (χ2n) is 4.63. The van der Waals surface area contributed by atoms with Crippen molar-refractivity contribution in [3.8, 4) is 0 Å². The zero-order valence-electron chi connectivity index (χ0n) is 11.4. The predicted octanol–water partition coefficient (Wildman–Crippen LogP) is 1.71. The fraction of sp³-hybridized carbons (Fsp3) is 0.267. The van der Waals surface area contributed by atoms with Gasteiger partial charge in [0.05, 0.1) is 5.56 Å². The van der Waals surface area contributed by atoms with Crippen LogP contribution in [-0.2, 0) is 6.42 Å². The molecule has 21 heavy (non-hydrogen) atoms. The van der Waals surface area contributed by atoms with Crippen LogP contribution in [0.15, 0.2) is 42.7 Å². The first-order valence-electron chi connectivity index (χ1n) is 6.60. The highest BCUT2D eigenvalue weighted by Gasteiger charge is 2.14. The van der Waals surface area contributed by atoms with E-state index in [-0.39, 0.29) is 23.6 Å². The Bertz CT molecular complexity index is 592. The van der Waals surface area contributed by atoms with E-state index >= 15 is 0 Å². The van der Waals surface area contributed by atoms with E-state index in [9.17, 15) is 9.90 Å². The van der Waals surface area contributed by atoms with Crippen molar-refractivity contribution in [3.63, 3.8) is 0 Å². The molecule has 0 saturated heterocycles. The Kier molecular flexibility index (Phi) is 5.66. The van der Waals surface area contributed by atoms with Crippen LogP contribution in [-0.4, -0.2) is 34.1 Å². The van der Waals surface area contributed by atoms with Crippen molar-refractivity contribution >= 4 is 17.5 Å². The largest absolute Gasteiger partial charge is 0.396 e. The van der Waals surface area contributed by atoms with E-state index < -0.39 is 0 Å². The van der Waals surface area contributed by atoms with E-state index in [0.29, 0.717) is 18.5 Å². The number of nitrogens with one attached hydrogen (secondary N) is 1. The monoisotopic (exact) mass is 305 g/mol. The van der Waals surface area contributed by atoms with Crippen LogP contribution >= 0.6 is 11.6 Å². The number of carbonyl (C=O) groups excluding carboxylic acids is 1. The SMILES string of the molecule is O=C(NCC(CO)Cc1ccccn1)c1cccnc1Cl. The summed E-state index contributed by atoms with van der Waals surface area (Å²) in [4.78, 5) is 20.1. The van der Waals surface area contributed by atoms with Gasteiger partial charge in [-0.25, -0.2) is 4.98 Å². The molecule has 6 heteroatoms. The Morgan fingerprint density at radius 1 is 1.24 bits per heavy atom. The summed E-state index contributed by atoms with van der Waals surface area (Å²) in [5, 5.41) is 12.3. The number of rotatable bonds is 6. The number of aliphatic hydroxyl groups is 1. The standard InChI is InChI=1S/C15H16ClN3O2/c16-14-13(5-3-7-18-14)15(21)19-9-11(10-20)8-12-4-1-2-6-17-12/h1-7,11,20H,8-10H2,(H,19,21). The Morgan fingerprint density at radius 2 is 2.05 bits per heavy atom. The van der Waals surface area contributed by atoms with E-state index in [1.807, 2.05) is 18.2 Å². The van der Waals surface area contributed by atoms with E-state index in [2.05, 4.69) is 15.3 Å². The lowest BCUT2D eigenvalue weighted by molar-refractivity contribution is 0.0939. The number of hydrogen-bond acceptors (Lipinski definition) is 4. The summed E-state index contributed by atoms with van der Waals surface area (Å²) >= 11 is 5.87. The minimum absolute atomic E-state index is 0.0301. The summed E-state index contributed by atoms with van der Waals surface area (Å²) in [5.41, 5.74) is 1.21. The van der Waals surface area contributed by atoms with Gasteiger partial charge in [0.2, 0.25) is 0 Å². The number of halogens is 1. The summed E-state index contributed by atoms with van der Waals surface area (Å²) < 4.78 is 0. The molecule has 0 spiro atoms. The van der Waals surface area contributed by atoms with Gasteiger partial charge in [-0.15, -0.1) is 0 Å². The molecule has 0 aliphatic heterocycles. The zero-order chi connectivity index (χ0) is 15.1. The molecule has 1 amide bonds. The molecule has 0 aliphatic rings. The molecular formula is C15H16ClN3O2. The zero-order valence-corrected chi connectivity index (χ0v) is 12.1. The van der Waals surface area contributed by atoms with Gasteiger partial charge in [0.15, 0.2) is 0 Å². The first-order valence-corrected chi connectivity index (χ1v) is 6.98. The first-order chi connectivity index (χ1) is 10.2. The van der Waals surface area contributed by atoms with Gasteiger partial charge in [0.1, 0.15) is 5.15 Å². The Morgan fingerprint density at radius 3 is 2.71 bits per heavy atom. The van der Waals surface area contributed by atoms with Crippen molar-refractivity contribution in [3.05, 3.63) is 59.1 Å². The minimum atomic E-state index is -0.299. The first kappa shape index (κ1) is 15.4. The van der Waals surface area contributed by atoms with E-state index in [1.165, 1.54) is 6.20 Å². The van der Waals surface area contributed by atoms with E-state index in [0.717, 1.165) is 5.69 Å². The highest BCUT2D eigenvalue weighted by atomic mass is 35.5. The normalized spacial score (nSPS) is 11.9. The summed E-state index contributed by atoms with van der Waals surface area (Å²) in [6.45, 7) is 0.314. The lowest BCUT2D eigenvalue weighted by Gasteiger charge is -2.14. The van der Waals surface area contributed by atoms with E-state index in [1.54, 1.807) is 18.3 Å². The molecule has 2 heterocycles. The van der Waals surface area contributed by atoms with Crippen molar-refractivity contribution in [2.24, 2.45) is 5.92 Å². The lowest BCUT2D eigenvalue weighted by Crippen LogP contribution is -2.32. The van der Waals surface area contributed by atoms with Gasteiger partial charge in [-0.3, -0.25) is 9.78 Å². The maximum Gasteiger partial charge on any atom is 0.254 e. The molecule has 0 radical (unpaired) electrons. The van der Waals surface area contributed by atoms with Crippen molar-refractivity contribution in [2.75, 3.05) is 13.2 Å². The molecule has 0 aromatic carbocycles. The molecule has 1 atom stereocenters. The van der Waals surface area contributed by atoms with Crippen LogP contribution in [0.1, 0.15) is 16.1 Å². The molecule has 2 aromatic rings. The molecular weight excluding hydrogens is 290 g/mol. The fourth-order valence-electron chi connectivity index (χ4n) is 1.90. The van der Waals surface area contributed by atoms with Crippen LogP contribution in [0.5, 0.6) is 0 Å². The quantitative estimate of drug-likeness (QED) is 0.797. The number of amides is 1. The highest BCUT2D eigenvalue weighted by Crippen LogP contribution is 2.11. The summed E-state index contributed by atoms with van der Waals surface area (Å²) in [7, 11) is 0. The number of nitrogens with zero attached hydrogens (tertiary/aromatic N) is 2. The lowest BCUT2D eigenvalue weighted by atomic mass is 10.0. The van der Waals surface area contributed by atoms with Crippen LogP contribution in [0.3, 0.4) is 0 Å². The molecule has 2 aromatic heterocycles. The molecule has 2 rings (SSSR count). The fourth-order valence-corrected chi connectivity index (χ4v) is 2.11. The number of carbonyl (C=O) groups is 1. The Labute approximate surface area is 128 Å². The number of aliphatic hydroxyl groups excluding tert-OH is 1. The Hall–Kier alpha value is -1.98. The highest BCUT2D eigenvalue weighted by molar-refractivity contribution is 6.32.